The van der Waals surface area contributed by atoms with Gasteiger partial charge in [0.1, 0.15) is 0 Å². The van der Waals surface area contributed by atoms with Crippen LogP contribution in [0.2, 0.25) is 5.02 Å². The maximum atomic E-state index is 12.3. The first-order valence-electron chi connectivity index (χ1n) is 9.49. The molecule has 3 aromatic rings. The van der Waals surface area contributed by atoms with Gasteiger partial charge < -0.3 is 10.3 Å². The van der Waals surface area contributed by atoms with Crippen molar-refractivity contribution in [2.24, 2.45) is 0 Å². The molecule has 1 saturated heterocycles. The van der Waals surface area contributed by atoms with E-state index in [0.717, 1.165) is 48.7 Å². The van der Waals surface area contributed by atoms with Crippen molar-refractivity contribution >= 4 is 40.3 Å². The maximum Gasteiger partial charge on any atom is 0.230 e. The highest BCUT2D eigenvalue weighted by atomic mass is 35.5. The van der Waals surface area contributed by atoms with Crippen LogP contribution in [0.15, 0.2) is 53.7 Å². The van der Waals surface area contributed by atoms with Gasteiger partial charge in [0.15, 0.2) is 5.16 Å². The van der Waals surface area contributed by atoms with Gasteiger partial charge in [-0.1, -0.05) is 53.7 Å². The number of amides is 1. The number of H-pyrrole nitrogens is 1. The minimum absolute atomic E-state index is 0.0602. The van der Waals surface area contributed by atoms with E-state index < -0.39 is 0 Å². The number of nitrogens with one attached hydrogen (secondary N) is 2. The second-order valence-electron chi connectivity index (χ2n) is 7.10. The molecule has 0 unspecified atom stereocenters. The van der Waals surface area contributed by atoms with E-state index in [-0.39, 0.29) is 11.9 Å². The summed E-state index contributed by atoms with van der Waals surface area (Å²) in [4.78, 5) is 22.5. The second-order valence-corrected chi connectivity index (χ2v) is 8.50. The van der Waals surface area contributed by atoms with Crippen molar-refractivity contribution in [1.82, 2.24) is 20.2 Å². The fourth-order valence-corrected chi connectivity index (χ4v) is 4.38. The number of thioether (sulfide) groups is 1. The summed E-state index contributed by atoms with van der Waals surface area (Å²) in [6.07, 6.45) is 1.98. The average Bonchev–Trinajstić information content (AvgIpc) is 3.11. The average molecular weight is 415 g/mol. The molecule has 1 aliphatic heterocycles. The Bertz CT molecular complexity index is 938. The molecule has 5 nitrogen and oxygen atoms in total. The molecule has 2 aromatic carbocycles. The van der Waals surface area contributed by atoms with Crippen LogP contribution >= 0.6 is 23.4 Å². The molecule has 0 radical (unpaired) electrons. The third-order valence-corrected chi connectivity index (χ3v) is 6.07. The minimum atomic E-state index is 0.0602. The number of imidazole rings is 1. The Morgan fingerprint density at radius 1 is 1.21 bits per heavy atom. The van der Waals surface area contributed by atoms with Crippen LogP contribution in [0.25, 0.3) is 11.0 Å². The van der Waals surface area contributed by atoms with Crippen molar-refractivity contribution in [3.05, 3.63) is 59.1 Å². The molecule has 0 atom stereocenters. The Kier molecular flexibility index (Phi) is 6.20. The number of halogens is 1. The molecule has 1 aliphatic rings. The Balaban J connectivity index is 1.21. The lowest BCUT2D eigenvalue weighted by Gasteiger charge is -2.32. The Labute approximate surface area is 173 Å². The first kappa shape index (κ1) is 19.3. The van der Waals surface area contributed by atoms with Crippen LogP contribution < -0.4 is 5.32 Å². The number of hydrogen-bond donors (Lipinski definition) is 2. The largest absolute Gasteiger partial charge is 0.353 e. The fourth-order valence-electron chi connectivity index (χ4n) is 3.51. The highest BCUT2D eigenvalue weighted by Crippen LogP contribution is 2.22. The first-order valence-corrected chi connectivity index (χ1v) is 10.9. The molecule has 0 bridgehead atoms. The number of aromatic amines is 1. The van der Waals surface area contributed by atoms with Gasteiger partial charge in [0.25, 0.3) is 0 Å². The molecule has 4 rings (SSSR count). The van der Waals surface area contributed by atoms with Gasteiger partial charge in [-0.25, -0.2) is 4.98 Å². The molecule has 7 heteroatoms. The summed E-state index contributed by atoms with van der Waals surface area (Å²) in [6, 6.07) is 16.3. The van der Waals surface area contributed by atoms with E-state index in [2.05, 4.69) is 44.5 Å². The number of piperidine rings is 1. The molecule has 0 spiro atoms. The van der Waals surface area contributed by atoms with Crippen molar-refractivity contribution < 1.29 is 4.79 Å². The van der Waals surface area contributed by atoms with E-state index in [4.69, 9.17) is 11.6 Å². The third-order valence-electron chi connectivity index (χ3n) is 4.96. The molecule has 0 saturated carbocycles. The summed E-state index contributed by atoms with van der Waals surface area (Å²) in [6.45, 7) is 3.00. The maximum absolute atomic E-state index is 12.3. The molecule has 2 heterocycles. The summed E-state index contributed by atoms with van der Waals surface area (Å²) in [5.41, 5.74) is 3.09. The number of hydrogen-bond acceptors (Lipinski definition) is 4. The van der Waals surface area contributed by atoms with E-state index in [9.17, 15) is 4.79 Å². The summed E-state index contributed by atoms with van der Waals surface area (Å²) in [5.74, 6) is 0.419. The van der Waals surface area contributed by atoms with Gasteiger partial charge >= 0.3 is 0 Å². The number of carbonyl (C=O) groups is 1. The molecular weight excluding hydrogens is 392 g/mol. The lowest BCUT2D eigenvalue weighted by molar-refractivity contribution is -0.119. The summed E-state index contributed by atoms with van der Waals surface area (Å²) in [5, 5.41) is 4.58. The summed E-state index contributed by atoms with van der Waals surface area (Å²) in [7, 11) is 0. The van der Waals surface area contributed by atoms with Gasteiger partial charge in [0, 0.05) is 30.7 Å². The fraction of sp³-hybridized carbons (Fsp3) is 0.333. The number of likely N-dealkylation sites (tertiary alicyclic amines) is 1. The van der Waals surface area contributed by atoms with E-state index in [1.54, 1.807) is 0 Å². The predicted molar refractivity (Wildman–Crippen MR) is 115 cm³/mol. The lowest BCUT2D eigenvalue weighted by atomic mass is 10.0. The van der Waals surface area contributed by atoms with Crippen molar-refractivity contribution in [1.29, 1.82) is 0 Å². The molecule has 2 N–H and O–H groups in total. The van der Waals surface area contributed by atoms with E-state index >= 15 is 0 Å². The lowest BCUT2D eigenvalue weighted by Crippen LogP contribution is -2.44. The standard InChI is InChI=1S/C21H23ClN4OS/c22-16-6-7-18-19(12-16)25-21(24-18)28-14-20(27)23-17-8-10-26(11-9-17)13-15-4-2-1-3-5-15/h1-7,12,17H,8-11,13-14H2,(H,23,27)(H,24,25). The van der Waals surface area contributed by atoms with Gasteiger partial charge in [-0.15, -0.1) is 0 Å². The zero-order valence-corrected chi connectivity index (χ0v) is 17.1. The molecule has 1 amide bonds. The van der Waals surface area contributed by atoms with E-state index in [1.165, 1.54) is 17.3 Å². The molecule has 1 fully saturated rings. The third kappa shape index (κ3) is 5.07. The Morgan fingerprint density at radius 2 is 2.00 bits per heavy atom. The normalized spacial score (nSPS) is 15.8. The Hall–Kier alpha value is -2.02. The first-order chi connectivity index (χ1) is 13.7. The van der Waals surface area contributed by atoms with Crippen molar-refractivity contribution in [3.8, 4) is 0 Å². The van der Waals surface area contributed by atoms with Crippen molar-refractivity contribution in [2.45, 2.75) is 30.6 Å². The highest BCUT2D eigenvalue weighted by Gasteiger charge is 2.20. The van der Waals surface area contributed by atoms with Crippen LogP contribution in [0.4, 0.5) is 0 Å². The van der Waals surface area contributed by atoms with Crippen molar-refractivity contribution in [3.63, 3.8) is 0 Å². The SMILES string of the molecule is O=C(CSc1nc2ccc(Cl)cc2[nH]1)NC1CCN(Cc2ccccc2)CC1. The Morgan fingerprint density at radius 3 is 2.79 bits per heavy atom. The van der Waals surface area contributed by atoms with Crippen LogP contribution in [-0.4, -0.2) is 45.7 Å². The second kappa shape index (κ2) is 8.99. The quantitative estimate of drug-likeness (QED) is 0.596. The minimum Gasteiger partial charge on any atom is -0.353 e. The van der Waals surface area contributed by atoms with Crippen molar-refractivity contribution in [2.75, 3.05) is 18.8 Å². The smallest absolute Gasteiger partial charge is 0.230 e. The number of carbonyl (C=O) groups excluding carboxylic acids is 1. The monoisotopic (exact) mass is 414 g/mol. The number of nitrogens with zero attached hydrogens (tertiary/aromatic N) is 2. The molecule has 1 aromatic heterocycles. The number of aromatic nitrogens is 2. The zero-order valence-electron chi connectivity index (χ0n) is 15.5. The van der Waals surface area contributed by atoms with Gasteiger partial charge in [0.05, 0.1) is 16.8 Å². The van der Waals surface area contributed by atoms with E-state index in [1.807, 2.05) is 24.3 Å². The van der Waals surface area contributed by atoms with Crippen LogP contribution in [0.3, 0.4) is 0 Å². The summed E-state index contributed by atoms with van der Waals surface area (Å²) >= 11 is 7.42. The molecule has 146 valence electrons. The molecule has 0 aliphatic carbocycles. The zero-order chi connectivity index (χ0) is 19.3. The number of benzene rings is 2. The summed E-state index contributed by atoms with van der Waals surface area (Å²) < 4.78 is 0. The van der Waals surface area contributed by atoms with E-state index in [0.29, 0.717) is 10.8 Å². The van der Waals surface area contributed by atoms with Crippen LogP contribution in [-0.2, 0) is 11.3 Å². The highest BCUT2D eigenvalue weighted by molar-refractivity contribution is 7.99. The van der Waals surface area contributed by atoms with Gasteiger partial charge in [-0.05, 0) is 36.6 Å². The van der Waals surface area contributed by atoms with Gasteiger partial charge in [0.2, 0.25) is 5.91 Å². The molecular formula is C21H23ClN4OS. The van der Waals surface area contributed by atoms with Gasteiger partial charge in [-0.3, -0.25) is 9.69 Å². The van der Waals surface area contributed by atoms with Crippen LogP contribution in [0.5, 0.6) is 0 Å². The van der Waals surface area contributed by atoms with Gasteiger partial charge in [-0.2, -0.15) is 0 Å². The van der Waals surface area contributed by atoms with Crippen LogP contribution in [0, 0.1) is 0 Å². The topological polar surface area (TPSA) is 61.0 Å². The number of rotatable bonds is 6. The molecule has 28 heavy (non-hydrogen) atoms. The predicted octanol–water partition coefficient (Wildman–Crippen LogP) is 4.09. The van der Waals surface area contributed by atoms with Crippen LogP contribution in [0.1, 0.15) is 18.4 Å². The number of fused-ring (bicyclic) bond motifs is 1.